The van der Waals surface area contributed by atoms with Crippen LogP contribution in [0.2, 0.25) is 0 Å². The molecule has 2 saturated heterocycles. The first-order chi connectivity index (χ1) is 31.7. The molecule has 7 atom stereocenters. The first-order valence-corrected chi connectivity index (χ1v) is 24.2. The number of aryl methyl sites for hydroxylation is 1. The number of likely N-dealkylation sites (N-methyl/N-ethyl adjacent to an activating group) is 1. The number of ether oxygens (including phenoxy) is 2. The fourth-order valence-electron chi connectivity index (χ4n) is 11.4. The van der Waals surface area contributed by atoms with Crippen LogP contribution in [0.4, 0.5) is 0 Å². The summed E-state index contributed by atoms with van der Waals surface area (Å²) in [6.07, 6.45) is 5.83. The second-order valence-electron chi connectivity index (χ2n) is 19.5. The largest absolute Gasteiger partial charge is 0.464 e. The van der Waals surface area contributed by atoms with E-state index in [1.807, 2.05) is 18.4 Å². The first-order valence-electron chi connectivity index (χ1n) is 23.3. The quantitative estimate of drug-likeness (QED) is 0.189. The molecule has 9 rings (SSSR count). The van der Waals surface area contributed by atoms with Gasteiger partial charge in [0.1, 0.15) is 24.2 Å². The fraction of sp³-hybridized carbons (Fsp3) is 0.540. The predicted octanol–water partition coefficient (Wildman–Crippen LogP) is 5.39. The van der Waals surface area contributed by atoms with Gasteiger partial charge in [-0.3, -0.25) is 34.0 Å². The molecular formula is C50H60N8O7S. The number of hydrazine groups is 1. The number of cyclic esters (lactones) is 1. The molecule has 1 aromatic carbocycles. The van der Waals surface area contributed by atoms with Crippen molar-refractivity contribution in [2.24, 2.45) is 30.2 Å². The van der Waals surface area contributed by atoms with E-state index in [0.29, 0.717) is 30.9 Å². The molecule has 3 fully saturated rings. The van der Waals surface area contributed by atoms with Crippen LogP contribution in [0.1, 0.15) is 94.5 Å². The van der Waals surface area contributed by atoms with Gasteiger partial charge in [-0.05, 0) is 80.2 Å². The number of hydrogen-bond donors (Lipinski definition) is 2. The lowest BCUT2D eigenvalue weighted by Gasteiger charge is -2.42. The van der Waals surface area contributed by atoms with Crippen LogP contribution in [0.25, 0.3) is 33.4 Å². The lowest BCUT2D eigenvalue weighted by Crippen LogP contribution is -2.62. The van der Waals surface area contributed by atoms with Crippen LogP contribution in [0, 0.1) is 35.0 Å². The monoisotopic (exact) mass is 916 g/mol. The third-order valence-electron chi connectivity index (χ3n) is 14.8. The van der Waals surface area contributed by atoms with Crippen LogP contribution < -0.4 is 10.7 Å². The number of likely N-dealkylation sites (tertiary alicyclic amines) is 1. The summed E-state index contributed by atoms with van der Waals surface area (Å²) in [4.78, 5) is 83.9. The number of nitrogens with one attached hydrogen (secondary N) is 2. The van der Waals surface area contributed by atoms with E-state index in [1.165, 1.54) is 16.3 Å². The number of esters is 1. The van der Waals surface area contributed by atoms with E-state index in [2.05, 4.69) is 72.3 Å². The molecule has 0 spiro atoms. The zero-order chi connectivity index (χ0) is 46.6. The molecule has 4 aromatic rings. The summed E-state index contributed by atoms with van der Waals surface area (Å²) in [6.45, 7) is 8.76. The van der Waals surface area contributed by atoms with Crippen LogP contribution in [-0.2, 0) is 46.9 Å². The minimum absolute atomic E-state index is 0.0733. The Hall–Kier alpha value is -5.63. The van der Waals surface area contributed by atoms with Gasteiger partial charge in [-0.15, -0.1) is 11.3 Å². The molecule has 3 aliphatic heterocycles. The Bertz CT molecular complexity index is 2640. The van der Waals surface area contributed by atoms with Gasteiger partial charge in [0.05, 0.1) is 34.6 Å². The zero-order valence-electron chi connectivity index (χ0n) is 38.9. The third-order valence-corrected chi connectivity index (χ3v) is 15.7. The van der Waals surface area contributed by atoms with Gasteiger partial charge < -0.3 is 29.2 Å². The summed E-state index contributed by atoms with van der Waals surface area (Å²) in [5.41, 5.74) is 9.14. The lowest BCUT2D eigenvalue weighted by molar-refractivity contribution is -0.156. The van der Waals surface area contributed by atoms with Gasteiger partial charge in [-0.25, -0.2) is 10.4 Å². The number of carbonyl (C=O) groups is 5. The maximum Gasteiger partial charge on any atom is 0.324 e. The molecule has 2 N–H and O–H groups in total. The highest BCUT2D eigenvalue weighted by atomic mass is 32.1. The highest BCUT2D eigenvalue weighted by Gasteiger charge is 2.48. The van der Waals surface area contributed by atoms with Crippen LogP contribution >= 0.6 is 11.3 Å². The molecule has 6 heterocycles. The van der Waals surface area contributed by atoms with Crippen LogP contribution in [0.3, 0.4) is 0 Å². The van der Waals surface area contributed by atoms with E-state index in [9.17, 15) is 24.0 Å². The molecule has 1 saturated carbocycles. The lowest BCUT2D eigenvalue weighted by atomic mass is 9.67. The molecule has 2 unspecified atom stereocenters. The Labute approximate surface area is 389 Å². The molecule has 2 aliphatic carbocycles. The van der Waals surface area contributed by atoms with Crippen molar-refractivity contribution in [3.8, 4) is 34.4 Å². The number of aromatic nitrogens is 3. The summed E-state index contributed by atoms with van der Waals surface area (Å²) in [5, 5.41) is 8.22. The van der Waals surface area contributed by atoms with Gasteiger partial charge >= 0.3 is 5.97 Å². The number of carbonyl (C=O) groups excluding carboxylic acids is 5. The van der Waals surface area contributed by atoms with Crippen LogP contribution in [0.15, 0.2) is 41.9 Å². The molecule has 348 valence electrons. The predicted molar refractivity (Wildman–Crippen MR) is 249 cm³/mol. The molecule has 66 heavy (non-hydrogen) atoms. The van der Waals surface area contributed by atoms with Crippen molar-refractivity contribution in [3.05, 3.63) is 58.2 Å². The fourth-order valence-corrected chi connectivity index (χ4v) is 12.3. The Morgan fingerprint density at radius 1 is 1.11 bits per heavy atom. The highest BCUT2D eigenvalue weighted by Crippen LogP contribution is 2.57. The highest BCUT2D eigenvalue weighted by molar-refractivity contribution is 7.10. The van der Waals surface area contributed by atoms with E-state index < -0.39 is 53.3 Å². The first kappa shape index (κ1) is 45.5. The van der Waals surface area contributed by atoms with Crippen LogP contribution in [0.5, 0.6) is 0 Å². The maximum atomic E-state index is 14.8. The molecule has 4 amide bonds. The van der Waals surface area contributed by atoms with Crippen molar-refractivity contribution in [3.63, 3.8) is 0 Å². The number of rotatable bonds is 6. The van der Waals surface area contributed by atoms with Crippen LogP contribution in [-0.4, -0.2) is 117 Å². The molecule has 0 radical (unpaired) electrons. The summed E-state index contributed by atoms with van der Waals surface area (Å²) in [7, 11) is 5.44. The zero-order valence-corrected chi connectivity index (χ0v) is 39.7. The summed E-state index contributed by atoms with van der Waals surface area (Å²) in [6, 6.07) is 7.65. The van der Waals surface area contributed by atoms with E-state index in [0.717, 1.165) is 70.4 Å². The second kappa shape index (κ2) is 18.2. The number of nitrogens with zero attached hydrogens (tertiary/aromatic N) is 6. The van der Waals surface area contributed by atoms with Crippen molar-refractivity contribution in [2.45, 2.75) is 103 Å². The average Bonchev–Trinajstić information content (AvgIpc) is 4.15. The standard InChI is InChI=1S/C50H60N8O7S/c1-8-13-39(59)57-24-28(2)33(25-57)47(61)56(6)43(29-14-9-10-15-29)46(60)53-35-23-38-52-36(26-66-38)30-18-19-37-32(22-30)40-41(45(64-7)42-31(16-11-20-51-42)44(40)55(37)5)50(3,4)27-65-49(63)34-17-12-21-58(54-34)48(35)62/h11,16,18-20,22,26,28-29,33-35,41,43,45,54H,9-10,12,14-15,17,21,23-25,27H2,1-7H3,(H,53,60)/t28-,33+,34-,35?,41?,43-,45-/m0/s1. The molecular weight excluding hydrogens is 857 g/mol. The molecule has 6 bridgehead atoms. The van der Waals surface area contributed by atoms with Crippen molar-refractivity contribution < 1.29 is 33.4 Å². The topological polar surface area (TPSA) is 168 Å². The van der Waals surface area contributed by atoms with Crippen molar-refractivity contribution in [2.75, 3.05) is 40.4 Å². The Kier molecular flexibility index (Phi) is 12.6. The Morgan fingerprint density at radius 2 is 1.89 bits per heavy atom. The Balaban J connectivity index is 1.08. The van der Waals surface area contributed by atoms with E-state index in [4.69, 9.17) is 19.4 Å². The number of benzene rings is 1. The summed E-state index contributed by atoms with van der Waals surface area (Å²) in [5.74, 6) is 2.42. The number of methoxy groups -OCH3 is 1. The number of fused-ring (bicyclic) bond motifs is 8. The minimum Gasteiger partial charge on any atom is -0.464 e. The number of pyridine rings is 1. The molecule has 16 heteroatoms. The smallest absolute Gasteiger partial charge is 0.324 e. The molecule has 15 nitrogen and oxygen atoms in total. The van der Waals surface area contributed by atoms with Gasteiger partial charge in [-0.2, -0.15) is 0 Å². The molecule has 3 aromatic heterocycles. The van der Waals surface area contributed by atoms with E-state index in [-0.39, 0.29) is 49.1 Å². The van der Waals surface area contributed by atoms with Gasteiger partial charge in [-0.1, -0.05) is 45.6 Å². The number of amides is 4. The summed E-state index contributed by atoms with van der Waals surface area (Å²) < 4.78 is 14.8. The van der Waals surface area contributed by atoms with Gasteiger partial charge in [0.2, 0.25) is 11.8 Å². The van der Waals surface area contributed by atoms with Crippen molar-refractivity contribution >= 4 is 51.8 Å². The molecule has 5 aliphatic rings. The Morgan fingerprint density at radius 3 is 2.65 bits per heavy atom. The normalized spacial score (nSPS) is 25.6. The van der Waals surface area contributed by atoms with Crippen molar-refractivity contribution in [1.82, 2.24) is 40.1 Å². The van der Waals surface area contributed by atoms with Crippen molar-refractivity contribution in [1.29, 1.82) is 0 Å². The van der Waals surface area contributed by atoms with Gasteiger partial charge in [0.15, 0.2) is 0 Å². The maximum absolute atomic E-state index is 14.8. The SMILES string of the molecule is CC#CC(=O)N1C[C@H](C)[C@H](C(=O)N(C)[C@H](C(=O)NC2Cc3nc(cs3)-c3ccc4c(c3)c3c(n4C)-c4cccnc4[C@@H](OC)C3C(C)(C)COC(=O)[C@@H]3CCCN(N3)C2=O)C2CCCC2)C1. The minimum atomic E-state index is -1.07. The van der Waals surface area contributed by atoms with E-state index in [1.54, 1.807) is 37.1 Å². The van der Waals surface area contributed by atoms with E-state index >= 15 is 0 Å². The number of hydrogen-bond acceptors (Lipinski definition) is 11. The summed E-state index contributed by atoms with van der Waals surface area (Å²) >= 11 is 1.42. The van der Waals surface area contributed by atoms with Gasteiger partial charge in [0.25, 0.3) is 11.8 Å². The second-order valence-corrected chi connectivity index (χ2v) is 20.5. The third kappa shape index (κ3) is 8.17. The average molecular weight is 917 g/mol. The number of thiazole rings is 1. The van der Waals surface area contributed by atoms with Gasteiger partial charge in [0, 0.05) is 92.2 Å².